The fourth-order valence-electron chi connectivity index (χ4n) is 1.43. The zero-order valence-electron chi connectivity index (χ0n) is 9.01. The standard InChI is InChI=1S/C13H10N2O2/c14-8-10-3-1-4-11(7-10)9-15-13(16)12-5-2-6-17-12/h1-7H,9H2,(H,15,16). The maximum atomic E-state index is 11.6. The van der Waals surface area contributed by atoms with Crippen LogP contribution in [0.25, 0.3) is 0 Å². The Bertz CT molecular complexity index is 553. The second kappa shape index (κ2) is 4.99. The molecule has 0 fully saturated rings. The Labute approximate surface area is 98.5 Å². The second-order valence-electron chi connectivity index (χ2n) is 3.47. The largest absolute Gasteiger partial charge is 0.459 e. The minimum atomic E-state index is -0.266. The molecule has 1 heterocycles. The second-order valence-corrected chi connectivity index (χ2v) is 3.47. The van der Waals surface area contributed by atoms with Gasteiger partial charge in [0.1, 0.15) is 0 Å². The van der Waals surface area contributed by atoms with Gasteiger partial charge >= 0.3 is 0 Å². The predicted molar refractivity (Wildman–Crippen MR) is 61.0 cm³/mol. The number of benzene rings is 1. The third-order valence-electron chi connectivity index (χ3n) is 2.25. The summed E-state index contributed by atoms with van der Waals surface area (Å²) in [6, 6.07) is 12.4. The summed E-state index contributed by atoms with van der Waals surface area (Å²) in [4.78, 5) is 11.6. The van der Waals surface area contributed by atoms with Crippen LogP contribution in [-0.4, -0.2) is 5.91 Å². The van der Waals surface area contributed by atoms with E-state index in [9.17, 15) is 4.79 Å². The molecule has 17 heavy (non-hydrogen) atoms. The smallest absolute Gasteiger partial charge is 0.287 e. The lowest BCUT2D eigenvalue weighted by Crippen LogP contribution is -2.22. The first-order chi connectivity index (χ1) is 8.29. The summed E-state index contributed by atoms with van der Waals surface area (Å²) < 4.78 is 4.96. The van der Waals surface area contributed by atoms with Crippen molar-refractivity contribution in [2.45, 2.75) is 6.54 Å². The van der Waals surface area contributed by atoms with Gasteiger partial charge in [0.15, 0.2) is 5.76 Å². The van der Waals surface area contributed by atoms with Gasteiger partial charge < -0.3 is 9.73 Å². The summed E-state index contributed by atoms with van der Waals surface area (Å²) in [6.07, 6.45) is 1.45. The highest BCUT2D eigenvalue weighted by molar-refractivity contribution is 5.91. The van der Waals surface area contributed by atoms with Gasteiger partial charge in [0.05, 0.1) is 17.9 Å². The molecule has 0 spiro atoms. The van der Waals surface area contributed by atoms with Crippen molar-refractivity contribution in [2.75, 3.05) is 0 Å². The van der Waals surface area contributed by atoms with E-state index in [2.05, 4.69) is 11.4 Å². The highest BCUT2D eigenvalue weighted by atomic mass is 16.3. The number of carbonyl (C=O) groups excluding carboxylic acids is 1. The van der Waals surface area contributed by atoms with E-state index in [4.69, 9.17) is 9.68 Å². The minimum absolute atomic E-state index is 0.266. The number of hydrogen-bond acceptors (Lipinski definition) is 3. The Balaban J connectivity index is 1.98. The molecule has 0 aliphatic carbocycles. The van der Waals surface area contributed by atoms with E-state index in [0.29, 0.717) is 12.1 Å². The molecule has 1 amide bonds. The van der Waals surface area contributed by atoms with Crippen LogP contribution in [0.1, 0.15) is 21.7 Å². The Kier molecular flexibility index (Phi) is 3.22. The van der Waals surface area contributed by atoms with Gasteiger partial charge in [-0.2, -0.15) is 5.26 Å². The molecule has 2 aromatic rings. The molecule has 2 rings (SSSR count). The number of amides is 1. The molecule has 4 heteroatoms. The van der Waals surface area contributed by atoms with Gasteiger partial charge in [-0.1, -0.05) is 12.1 Å². The summed E-state index contributed by atoms with van der Waals surface area (Å²) in [7, 11) is 0. The van der Waals surface area contributed by atoms with E-state index in [0.717, 1.165) is 5.56 Å². The highest BCUT2D eigenvalue weighted by Crippen LogP contribution is 2.05. The molecule has 0 saturated heterocycles. The Hall–Kier alpha value is -2.54. The predicted octanol–water partition coefficient (Wildman–Crippen LogP) is 2.08. The van der Waals surface area contributed by atoms with Crippen LogP contribution in [0.2, 0.25) is 0 Å². The van der Waals surface area contributed by atoms with Crippen LogP contribution >= 0.6 is 0 Å². The molecule has 84 valence electrons. The van der Waals surface area contributed by atoms with E-state index >= 15 is 0 Å². The lowest BCUT2D eigenvalue weighted by Gasteiger charge is -2.03. The van der Waals surface area contributed by atoms with Gasteiger partial charge in [0, 0.05) is 6.54 Å². The van der Waals surface area contributed by atoms with Crippen LogP contribution in [-0.2, 0) is 6.54 Å². The van der Waals surface area contributed by atoms with Crippen molar-refractivity contribution in [1.82, 2.24) is 5.32 Å². The van der Waals surface area contributed by atoms with Gasteiger partial charge in [0.2, 0.25) is 0 Å². The maximum Gasteiger partial charge on any atom is 0.287 e. The topological polar surface area (TPSA) is 66.0 Å². The quantitative estimate of drug-likeness (QED) is 0.871. The number of rotatable bonds is 3. The Morgan fingerprint density at radius 2 is 2.24 bits per heavy atom. The molecule has 4 nitrogen and oxygen atoms in total. The van der Waals surface area contributed by atoms with Crippen molar-refractivity contribution in [1.29, 1.82) is 5.26 Å². The zero-order valence-corrected chi connectivity index (χ0v) is 9.01. The van der Waals surface area contributed by atoms with Gasteiger partial charge in [-0.25, -0.2) is 0 Å². The van der Waals surface area contributed by atoms with Crippen molar-refractivity contribution in [3.05, 3.63) is 59.5 Å². The summed E-state index contributed by atoms with van der Waals surface area (Å²) in [5.74, 6) is 0.0128. The molecular weight excluding hydrogens is 216 g/mol. The fraction of sp³-hybridized carbons (Fsp3) is 0.0769. The van der Waals surface area contributed by atoms with Crippen molar-refractivity contribution >= 4 is 5.91 Å². The maximum absolute atomic E-state index is 11.6. The van der Waals surface area contributed by atoms with Crippen LogP contribution in [0.5, 0.6) is 0 Å². The van der Waals surface area contributed by atoms with Crippen molar-refractivity contribution in [3.63, 3.8) is 0 Å². The van der Waals surface area contributed by atoms with Gasteiger partial charge in [-0.15, -0.1) is 0 Å². The van der Waals surface area contributed by atoms with E-state index < -0.39 is 0 Å². The molecule has 0 unspecified atom stereocenters. The number of furan rings is 1. The van der Waals surface area contributed by atoms with Crippen LogP contribution < -0.4 is 5.32 Å². The normalized spacial score (nSPS) is 9.59. The fourth-order valence-corrected chi connectivity index (χ4v) is 1.43. The van der Waals surface area contributed by atoms with Crippen LogP contribution in [0, 0.1) is 11.3 Å². The highest BCUT2D eigenvalue weighted by Gasteiger charge is 2.07. The number of carbonyl (C=O) groups is 1. The van der Waals surface area contributed by atoms with Gasteiger partial charge in [-0.05, 0) is 29.8 Å². The molecule has 0 atom stereocenters. The first-order valence-corrected chi connectivity index (χ1v) is 5.10. The zero-order chi connectivity index (χ0) is 12.1. The number of hydrogen-bond donors (Lipinski definition) is 1. The van der Waals surface area contributed by atoms with Crippen molar-refractivity contribution in [2.24, 2.45) is 0 Å². The molecule has 1 N–H and O–H groups in total. The summed E-state index contributed by atoms with van der Waals surface area (Å²) in [5, 5.41) is 11.4. The van der Waals surface area contributed by atoms with Crippen molar-refractivity contribution < 1.29 is 9.21 Å². The van der Waals surface area contributed by atoms with Crippen molar-refractivity contribution in [3.8, 4) is 6.07 Å². The van der Waals surface area contributed by atoms with E-state index in [1.807, 2.05) is 6.07 Å². The molecule has 1 aromatic heterocycles. The van der Waals surface area contributed by atoms with Crippen LogP contribution in [0.4, 0.5) is 0 Å². The molecule has 1 aromatic carbocycles. The summed E-state index contributed by atoms with van der Waals surface area (Å²) >= 11 is 0. The third-order valence-corrected chi connectivity index (χ3v) is 2.25. The third kappa shape index (κ3) is 2.73. The van der Waals surface area contributed by atoms with Gasteiger partial charge in [0.25, 0.3) is 5.91 Å². The first kappa shape index (κ1) is 11.0. The van der Waals surface area contributed by atoms with E-state index in [-0.39, 0.29) is 11.7 Å². The molecule has 0 aliphatic heterocycles. The molecule has 0 radical (unpaired) electrons. The SMILES string of the molecule is N#Cc1cccc(CNC(=O)c2ccco2)c1. The number of nitrogens with zero attached hydrogens (tertiary/aromatic N) is 1. The summed E-state index contributed by atoms with van der Waals surface area (Å²) in [6.45, 7) is 0.370. The molecule has 0 saturated carbocycles. The molecule has 0 bridgehead atoms. The molecular formula is C13H10N2O2. The minimum Gasteiger partial charge on any atom is -0.459 e. The number of nitrogens with one attached hydrogen (secondary N) is 1. The van der Waals surface area contributed by atoms with E-state index in [1.165, 1.54) is 6.26 Å². The summed E-state index contributed by atoms with van der Waals surface area (Å²) in [5.41, 5.74) is 1.46. The monoisotopic (exact) mass is 226 g/mol. The van der Waals surface area contributed by atoms with E-state index in [1.54, 1.807) is 30.3 Å². The Morgan fingerprint density at radius 3 is 2.94 bits per heavy atom. The van der Waals surface area contributed by atoms with Crippen LogP contribution in [0.15, 0.2) is 47.1 Å². The molecule has 0 aliphatic rings. The Morgan fingerprint density at radius 1 is 1.35 bits per heavy atom. The lowest BCUT2D eigenvalue weighted by molar-refractivity contribution is 0.0923. The average molecular weight is 226 g/mol. The van der Waals surface area contributed by atoms with Crippen LogP contribution in [0.3, 0.4) is 0 Å². The first-order valence-electron chi connectivity index (χ1n) is 5.10. The average Bonchev–Trinajstić information content (AvgIpc) is 2.90. The van der Waals surface area contributed by atoms with Gasteiger partial charge in [-0.3, -0.25) is 4.79 Å². The lowest BCUT2D eigenvalue weighted by atomic mass is 10.1. The number of nitriles is 1.